The van der Waals surface area contributed by atoms with Crippen LogP contribution in [0.2, 0.25) is 10.0 Å². The molecule has 1 aromatic heterocycles. The van der Waals surface area contributed by atoms with E-state index in [0.29, 0.717) is 21.7 Å². The zero-order valence-corrected chi connectivity index (χ0v) is 18.9. The van der Waals surface area contributed by atoms with Gasteiger partial charge < -0.3 is 15.2 Å². The van der Waals surface area contributed by atoms with Gasteiger partial charge in [-0.2, -0.15) is 0 Å². The number of hydrogen-bond acceptors (Lipinski definition) is 5. The molecule has 1 atom stereocenters. The van der Waals surface area contributed by atoms with Gasteiger partial charge in [-0.3, -0.25) is 9.59 Å². The lowest BCUT2D eigenvalue weighted by atomic mass is 10.2. The Morgan fingerprint density at radius 1 is 1.16 bits per heavy atom. The molecule has 0 aliphatic heterocycles. The minimum Gasteiger partial charge on any atom is -0.342 e. The molecule has 0 aliphatic rings. The Hall–Kier alpha value is -2.62. The van der Waals surface area contributed by atoms with Gasteiger partial charge in [0.05, 0.1) is 33.1 Å². The van der Waals surface area contributed by atoms with Crippen LogP contribution in [0.15, 0.2) is 47.6 Å². The van der Waals surface area contributed by atoms with Crippen molar-refractivity contribution in [2.75, 3.05) is 11.1 Å². The van der Waals surface area contributed by atoms with Crippen LogP contribution in [0.3, 0.4) is 0 Å². The maximum absolute atomic E-state index is 13.8. The number of anilines is 1. The van der Waals surface area contributed by atoms with Gasteiger partial charge in [0.1, 0.15) is 5.82 Å². The van der Waals surface area contributed by atoms with Crippen molar-refractivity contribution in [1.29, 1.82) is 0 Å². The van der Waals surface area contributed by atoms with Gasteiger partial charge in [0.15, 0.2) is 11.0 Å². The van der Waals surface area contributed by atoms with Crippen molar-refractivity contribution in [2.24, 2.45) is 7.05 Å². The van der Waals surface area contributed by atoms with Gasteiger partial charge in [-0.1, -0.05) is 53.2 Å². The summed E-state index contributed by atoms with van der Waals surface area (Å²) >= 11 is 13.2. The summed E-state index contributed by atoms with van der Waals surface area (Å²) in [5.74, 6) is -0.928. The van der Waals surface area contributed by atoms with E-state index in [1.165, 1.54) is 30.0 Å². The van der Waals surface area contributed by atoms with Gasteiger partial charge in [-0.25, -0.2) is 4.39 Å². The second-order valence-electron chi connectivity index (χ2n) is 6.51. The molecule has 1 heterocycles. The molecule has 2 aromatic carbocycles. The predicted molar refractivity (Wildman–Crippen MR) is 119 cm³/mol. The number of rotatable bonds is 7. The molecular weight excluding hydrogens is 464 g/mol. The lowest BCUT2D eigenvalue weighted by Gasteiger charge is -2.14. The molecule has 0 spiro atoms. The van der Waals surface area contributed by atoms with E-state index >= 15 is 0 Å². The SMILES string of the molecule is C[C@@H](NC(=O)c1ccccc1F)c1nnc(SCC(=O)Nc2cccc(Cl)c2Cl)n1C. The normalized spacial score (nSPS) is 11.8. The van der Waals surface area contributed by atoms with Crippen LogP contribution >= 0.6 is 35.0 Å². The first-order valence-corrected chi connectivity index (χ1v) is 10.8. The number of carbonyl (C=O) groups excluding carboxylic acids is 2. The first kappa shape index (κ1) is 23.1. The zero-order valence-electron chi connectivity index (χ0n) is 16.5. The van der Waals surface area contributed by atoms with Crippen LogP contribution in [0, 0.1) is 5.82 Å². The number of nitrogens with zero attached hydrogens (tertiary/aromatic N) is 3. The quantitative estimate of drug-likeness (QED) is 0.485. The van der Waals surface area contributed by atoms with Crippen LogP contribution in [0.5, 0.6) is 0 Å². The molecule has 0 fully saturated rings. The summed E-state index contributed by atoms with van der Waals surface area (Å²) in [4.78, 5) is 24.6. The molecule has 0 saturated heterocycles. The smallest absolute Gasteiger partial charge is 0.254 e. The maximum Gasteiger partial charge on any atom is 0.254 e. The van der Waals surface area contributed by atoms with Crippen molar-refractivity contribution >= 4 is 52.5 Å². The fourth-order valence-corrected chi connectivity index (χ4v) is 3.80. The van der Waals surface area contributed by atoms with Gasteiger partial charge in [0, 0.05) is 7.05 Å². The van der Waals surface area contributed by atoms with E-state index in [-0.39, 0.29) is 22.2 Å². The molecule has 2 N–H and O–H groups in total. The predicted octanol–water partition coefficient (Wildman–Crippen LogP) is 4.48. The standard InChI is InChI=1S/C20H18Cl2FN5O2S/c1-11(24-19(30)12-6-3-4-8-14(12)23)18-26-27-20(28(18)2)31-10-16(29)25-15-9-5-7-13(21)17(15)22/h3-9,11H,10H2,1-2H3,(H,24,30)(H,25,29)/t11-/m1/s1. The van der Waals surface area contributed by atoms with Crippen LogP contribution in [-0.2, 0) is 11.8 Å². The number of aromatic nitrogens is 3. The number of benzene rings is 2. The van der Waals surface area contributed by atoms with Crippen molar-refractivity contribution in [3.63, 3.8) is 0 Å². The fourth-order valence-electron chi connectivity index (χ4n) is 2.73. The number of halogens is 3. The zero-order chi connectivity index (χ0) is 22.5. The van der Waals surface area contributed by atoms with E-state index in [2.05, 4.69) is 20.8 Å². The molecule has 11 heteroatoms. The van der Waals surface area contributed by atoms with E-state index < -0.39 is 17.8 Å². The van der Waals surface area contributed by atoms with Crippen LogP contribution in [-0.4, -0.2) is 32.3 Å². The number of carbonyl (C=O) groups is 2. The summed E-state index contributed by atoms with van der Waals surface area (Å²) < 4.78 is 15.5. The largest absolute Gasteiger partial charge is 0.342 e. The third-order valence-electron chi connectivity index (χ3n) is 4.28. The second kappa shape index (κ2) is 10.1. The first-order valence-electron chi connectivity index (χ1n) is 9.09. The Balaban J connectivity index is 1.60. The Labute approximate surface area is 192 Å². The van der Waals surface area contributed by atoms with Crippen molar-refractivity contribution in [2.45, 2.75) is 18.1 Å². The molecule has 0 saturated carbocycles. The highest BCUT2D eigenvalue weighted by Crippen LogP contribution is 2.29. The summed E-state index contributed by atoms with van der Waals surface area (Å²) in [6.45, 7) is 1.71. The number of amides is 2. The van der Waals surface area contributed by atoms with E-state index in [1.54, 1.807) is 42.8 Å². The molecule has 0 aliphatic carbocycles. The summed E-state index contributed by atoms with van der Waals surface area (Å²) in [6.07, 6.45) is 0. The van der Waals surface area contributed by atoms with Crippen LogP contribution < -0.4 is 10.6 Å². The summed E-state index contributed by atoms with van der Waals surface area (Å²) in [5, 5.41) is 14.6. The Bertz CT molecular complexity index is 1120. The second-order valence-corrected chi connectivity index (χ2v) is 8.24. The highest BCUT2D eigenvalue weighted by Gasteiger charge is 2.20. The summed E-state index contributed by atoms with van der Waals surface area (Å²) in [6, 6.07) is 10.2. The molecule has 0 bridgehead atoms. The van der Waals surface area contributed by atoms with Gasteiger partial charge in [-0.05, 0) is 31.2 Å². The number of hydrogen-bond donors (Lipinski definition) is 2. The molecule has 31 heavy (non-hydrogen) atoms. The van der Waals surface area contributed by atoms with Crippen molar-refractivity contribution < 1.29 is 14.0 Å². The third-order valence-corrected chi connectivity index (χ3v) is 6.12. The monoisotopic (exact) mass is 481 g/mol. The van der Waals surface area contributed by atoms with E-state index in [0.717, 1.165) is 0 Å². The fraction of sp³-hybridized carbons (Fsp3) is 0.200. The molecule has 2 amide bonds. The molecular formula is C20H18Cl2FN5O2S. The molecule has 7 nitrogen and oxygen atoms in total. The van der Waals surface area contributed by atoms with Gasteiger partial charge >= 0.3 is 0 Å². The van der Waals surface area contributed by atoms with E-state index in [4.69, 9.17) is 23.2 Å². The molecule has 3 aromatic rings. The van der Waals surface area contributed by atoms with Gasteiger partial charge in [-0.15, -0.1) is 10.2 Å². The molecule has 162 valence electrons. The Morgan fingerprint density at radius 2 is 1.90 bits per heavy atom. The van der Waals surface area contributed by atoms with E-state index in [9.17, 15) is 14.0 Å². The molecule has 0 radical (unpaired) electrons. The maximum atomic E-state index is 13.8. The Kier molecular flexibility index (Phi) is 7.53. The number of thioether (sulfide) groups is 1. The Morgan fingerprint density at radius 3 is 2.65 bits per heavy atom. The van der Waals surface area contributed by atoms with Crippen LogP contribution in [0.1, 0.15) is 29.1 Å². The topological polar surface area (TPSA) is 88.9 Å². The van der Waals surface area contributed by atoms with Crippen LogP contribution in [0.25, 0.3) is 0 Å². The molecule has 3 rings (SSSR count). The minimum atomic E-state index is -0.604. The van der Waals surface area contributed by atoms with Crippen molar-refractivity contribution in [1.82, 2.24) is 20.1 Å². The third kappa shape index (κ3) is 5.55. The highest BCUT2D eigenvalue weighted by molar-refractivity contribution is 7.99. The van der Waals surface area contributed by atoms with Crippen molar-refractivity contribution in [3.05, 3.63) is 69.7 Å². The average Bonchev–Trinajstić information content (AvgIpc) is 3.10. The lowest BCUT2D eigenvalue weighted by Crippen LogP contribution is -2.29. The summed E-state index contributed by atoms with van der Waals surface area (Å²) in [7, 11) is 1.72. The van der Waals surface area contributed by atoms with E-state index in [1.807, 2.05) is 0 Å². The minimum absolute atomic E-state index is 0.0533. The highest BCUT2D eigenvalue weighted by atomic mass is 35.5. The van der Waals surface area contributed by atoms with Gasteiger partial charge in [0.25, 0.3) is 5.91 Å². The van der Waals surface area contributed by atoms with Crippen molar-refractivity contribution in [3.8, 4) is 0 Å². The number of nitrogens with one attached hydrogen (secondary N) is 2. The summed E-state index contributed by atoms with van der Waals surface area (Å²) in [5.41, 5.74) is 0.366. The lowest BCUT2D eigenvalue weighted by molar-refractivity contribution is -0.113. The van der Waals surface area contributed by atoms with Gasteiger partial charge in [0.2, 0.25) is 5.91 Å². The first-order chi connectivity index (χ1) is 14.8. The molecule has 0 unspecified atom stereocenters. The van der Waals surface area contributed by atoms with Crippen LogP contribution in [0.4, 0.5) is 10.1 Å². The average molecular weight is 482 g/mol.